The monoisotopic (exact) mass is 322 g/mol. The highest BCUT2D eigenvalue weighted by Gasteiger charge is 2.14. The molecule has 0 aliphatic rings. The molecule has 0 aliphatic heterocycles. The molecule has 0 spiro atoms. The molecule has 7 nitrogen and oxygen atoms in total. The molecule has 1 aromatic rings. The van der Waals surface area contributed by atoms with Gasteiger partial charge in [-0.25, -0.2) is 9.59 Å². The minimum atomic E-state index is -1.11. The van der Waals surface area contributed by atoms with E-state index in [4.69, 9.17) is 14.6 Å². The summed E-state index contributed by atoms with van der Waals surface area (Å²) < 4.78 is 9.80. The van der Waals surface area contributed by atoms with Crippen LogP contribution in [0, 0.1) is 0 Å². The van der Waals surface area contributed by atoms with E-state index in [9.17, 15) is 19.5 Å². The normalized spacial score (nSPS) is 9.96. The quantitative estimate of drug-likeness (QED) is 0.429. The van der Waals surface area contributed by atoms with Crippen LogP contribution in [0.3, 0.4) is 0 Å². The van der Waals surface area contributed by atoms with Gasteiger partial charge >= 0.3 is 17.9 Å². The first-order valence-corrected chi connectivity index (χ1v) is 6.97. The van der Waals surface area contributed by atoms with E-state index in [1.807, 2.05) is 0 Å². The van der Waals surface area contributed by atoms with Crippen LogP contribution in [0.25, 0.3) is 0 Å². The minimum Gasteiger partial charge on any atom is -0.504 e. The molecule has 0 unspecified atom stereocenters. The van der Waals surface area contributed by atoms with Crippen LogP contribution in [0.4, 0.5) is 0 Å². The van der Waals surface area contributed by atoms with Crippen molar-refractivity contribution in [3.8, 4) is 11.5 Å². The van der Waals surface area contributed by atoms with Crippen molar-refractivity contribution in [2.45, 2.75) is 26.2 Å². The van der Waals surface area contributed by atoms with Gasteiger partial charge in [-0.05, 0) is 38.0 Å². The zero-order chi connectivity index (χ0) is 17.4. The Kier molecular flexibility index (Phi) is 6.79. The van der Waals surface area contributed by atoms with Gasteiger partial charge in [-0.2, -0.15) is 0 Å². The molecule has 1 aromatic carbocycles. The second-order valence-corrected chi connectivity index (χ2v) is 4.64. The molecule has 0 saturated carbocycles. The number of carbonyl (C=O) groups excluding carboxylic acids is 2. The van der Waals surface area contributed by atoms with E-state index >= 15 is 0 Å². The van der Waals surface area contributed by atoms with E-state index in [0.717, 1.165) is 0 Å². The van der Waals surface area contributed by atoms with Crippen molar-refractivity contribution in [2.75, 3.05) is 6.61 Å². The highest BCUT2D eigenvalue weighted by molar-refractivity contribution is 5.90. The van der Waals surface area contributed by atoms with Crippen molar-refractivity contribution < 1.29 is 34.1 Å². The fourth-order valence-electron chi connectivity index (χ4n) is 1.66. The van der Waals surface area contributed by atoms with Crippen molar-refractivity contribution in [1.29, 1.82) is 0 Å². The lowest BCUT2D eigenvalue weighted by molar-refractivity contribution is -0.135. The maximum Gasteiger partial charge on any atom is 0.338 e. The number of carboxylic acid groups (broad SMARTS) is 1. The van der Waals surface area contributed by atoms with Gasteiger partial charge in [-0.1, -0.05) is 6.58 Å². The van der Waals surface area contributed by atoms with Crippen LogP contribution < -0.4 is 4.74 Å². The smallest absolute Gasteiger partial charge is 0.338 e. The fraction of sp³-hybridized carbons (Fsp3) is 0.312. The second kappa shape index (κ2) is 8.57. The van der Waals surface area contributed by atoms with Crippen LogP contribution >= 0.6 is 0 Å². The lowest BCUT2D eigenvalue weighted by Crippen LogP contribution is -2.10. The third-order valence-electron chi connectivity index (χ3n) is 2.86. The summed E-state index contributed by atoms with van der Waals surface area (Å²) in [5, 5.41) is 18.3. The predicted molar refractivity (Wildman–Crippen MR) is 80.3 cm³/mol. The molecule has 0 fully saturated rings. The number of carbonyl (C=O) groups is 3. The maximum absolute atomic E-state index is 11.7. The Bertz CT molecular complexity index is 619. The molecule has 7 heteroatoms. The highest BCUT2D eigenvalue weighted by atomic mass is 16.5. The molecule has 2 N–H and O–H groups in total. The fourth-order valence-corrected chi connectivity index (χ4v) is 1.66. The summed E-state index contributed by atoms with van der Waals surface area (Å²) >= 11 is 0. The number of phenolic OH excluding ortho intramolecular Hbond substituents is 1. The number of ether oxygens (including phenoxy) is 2. The summed E-state index contributed by atoms with van der Waals surface area (Å²) in [6.07, 6.45) is 0.358. The molecule has 0 amide bonds. The molecule has 0 radical (unpaired) electrons. The van der Waals surface area contributed by atoms with Crippen LogP contribution in [0.5, 0.6) is 11.5 Å². The SMILES string of the molecule is C=C(CCCC(=O)Oc1cc(C(=O)OCC)ccc1O)C(=O)O. The Labute approximate surface area is 133 Å². The van der Waals surface area contributed by atoms with Gasteiger partial charge in [-0.15, -0.1) is 0 Å². The summed E-state index contributed by atoms with van der Waals surface area (Å²) in [4.78, 5) is 33.9. The molecule has 0 heterocycles. The molecule has 0 saturated heterocycles. The van der Waals surface area contributed by atoms with Crippen molar-refractivity contribution in [3.05, 3.63) is 35.9 Å². The van der Waals surface area contributed by atoms with E-state index in [1.54, 1.807) is 6.92 Å². The van der Waals surface area contributed by atoms with E-state index in [-0.39, 0.29) is 48.5 Å². The highest BCUT2D eigenvalue weighted by Crippen LogP contribution is 2.27. The lowest BCUT2D eigenvalue weighted by atomic mass is 10.1. The molecule has 23 heavy (non-hydrogen) atoms. The van der Waals surface area contributed by atoms with Crippen LogP contribution in [-0.2, 0) is 14.3 Å². The number of rotatable bonds is 8. The first kappa shape index (κ1) is 18.2. The van der Waals surface area contributed by atoms with Gasteiger partial charge in [0.1, 0.15) is 0 Å². The van der Waals surface area contributed by atoms with Crippen molar-refractivity contribution in [1.82, 2.24) is 0 Å². The Morgan fingerprint density at radius 2 is 1.91 bits per heavy atom. The van der Waals surface area contributed by atoms with Crippen LogP contribution in [-0.4, -0.2) is 34.7 Å². The Morgan fingerprint density at radius 1 is 1.22 bits per heavy atom. The lowest BCUT2D eigenvalue weighted by Gasteiger charge is -2.08. The summed E-state index contributed by atoms with van der Waals surface area (Å²) in [7, 11) is 0. The van der Waals surface area contributed by atoms with Gasteiger partial charge in [0.25, 0.3) is 0 Å². The molecule has 0 bridgehead atoms. The first-order valence-electron chi connectivity index (χ1n) is 6.97. The van der Waals surface area contributed by atoms with Crippen molar-refractivity contribution >= 4 is 17.9 Å². The molecule has 0 atom stereocenters. The van der Waals surface area contributed by atoms with Crippen LogP contribution in [0.1, 0.15) is 36.5 Å². The summed E-state index contributed by atoms with van der Waals surface area (Å²) in [5.41, 5.74) is 0.150. The second-order valence-electron chi connectivity index (χ2n) is 4.64. The number of esters is 2. The van der Waals surface area contributed by atoms with Crippen LogP contribution in [0.15, 0.2) is 30.4 Å². The third kappa shape index (κ3) is 5.82. The summed E-state index contributed by atoms with van der Waals surface area (Å²) in [6, 6.07) is 3.78. The zero-order valence-corrected chi connectivity index (χ0v) is 12.7. The molecular formula is C16H18O7. The van der Waals surface area contributed by atoms with Gasteiger partial charge in [-0.3, -0.25) is 4.79 Å². The van der Waals surface area contributed by atoms with Gasteiger partial charge < -0.3 is 19.7 Å². The number of carboxylic acids is 1. The number of benzene rings is 1. The van der Waals surface area contributed by atoms with E-state index < -0.39 is 17.9 Å². The predicted octanol–water partition coefficient (Wildman–Crippen LogP) is 2.29. The van der Waals surface area contributed by atoms with Gasteiger partial charge in [0.15, 0.2) is 11.5 Å². The zero-order valence-electron chi connectivity index (χ0n) is 12.7. The molecule has 0 aromatic heterocycles. The molecular weight excluding hydrogens is 304 g/mol. The van der Waals surface area contributed by atoms with Gasteiger partial charge in [0.05, 0.1) is 12.2 Å². The number of hydrogen-bond donors (Lipinski definition) is 2. The largest absolute Gasteiger partial charge is 0.504 e. The Balaban J connectivity index is 2.63. The average molecular weight is 322 g/mol. The number of hydrogen-bond acceptors (Lipinski definition) is 6. The van der Waals surface area contributed by atoms with E-state index in [1.165, 1.54) is 18.2 Å². The third-order valence-corrected chi connectivity index (χ3v) is 2.86. The van der Waals surface area contributed by atoms with Crippen molar-refractivity contribution in [2.24, 2.45) is 0 Å². The van der Waals surface area contributed by atoms with Crippen LogP contribution in [0.2, 0.25) is 0 Å². The average Bonchev–Trinajstić information content (AvgIpc) is 2.49. The van der Waals surface area contributed by atoms with E-state index in [0.29, 0.717) is 0 Å². The standard InChI is InChI=1S/C16H18O7/c1-3-22-16(21)11-7-8-12(17)13(9-11)23-14(18)6-4-5-10(2)15(19)20/h7-9,17H,2-6H2,1H3,(H,19,20). The van der Waals surface area contributed by atoms with Crippen molar-refractivity contribution in [3.63, 3.8) is 0 Å². The molecule has 0 aliphatic carbocycles. The Hall–Kier alpha value is -2.83. The van der Waals surface area contributed by atoms with Gasteiger partial charge in [0, 0.05) is 12.0 Å². The maximum atomic E-state index is 11.7. The number of aliphatic carboxylic acids is 1. The topological polar surface area (TPSA) is 110 Å². The molecule has 124 valence electrons. The summed E-state index contributed by atoms with van der Waals surface area (Å²) in [5.74, 6) is -2.81. The number of phenols is 1. The minimum absolute atomic E-state index is 0.00459. The summed E-state index contributed by atoms with van der Waals surface area (Å²) in [6.45, 7) is 5.21. The first-order chi connectivity index (χ1) is 10.8. The molecule has 1 rings (SSSR count). The number of aromatic hydroxyl groups is 1. The van der Waals surface area contributed by atoms with Gasteiger partial charge in [0.2, 0.25) is 0 Å². The Morgan fingerprint density at radius 3 is 2.52 bits per heavy atom. The van der Waals surface area contributed by atoms with E-state index in [2.05, 4.69) is 6.58 Å².